The van der Waals surface area contributed by atoms with Gasteiger partial charge in [0.25, 0.3) is 0 Å². The summed E-state index contributed by atoms with van der Waals surface area (Å²) in [7, 11) is 0. The third-order valence-corrected chi connectivity index (χ3v) is 4.68. The molecule has 1 heterocycles. The van der Waals surface area contributed by atoms with Crippen LogP contribution in [-0.4, -0.2) is 61.0 Å². The molecule has 8 nitrogen and oxygen atoms in total. The Kier molecular flexibility index (Phi) is 5.38. The molecule has 0 amide bonds. The lowest BCUT2D eigenvalue weighted by Gasteiger charge is -2.28. The highest BCUT2D eigenvalue weighted by molar-refractivity contribution is 6.14. The fourth-order valence-corrected chi connectivity index (χ4v) is 3.15. The molecule has 0 bridgehead atoms. The van der Waals surface area contributed by atoms with Crippen molar-refractivity contribution in [2.24, 2.45) is 0 Å². The van der Waals surface area contributed by atoms with Gasteiger partial charge in [0.2, 0.25) is 0 Å². The number of aromatic hydroxyl groups is 6. The number of piperidine rings is 1. The van der Waals surface area contributed by atoms with Crippen LogP contribution in [0.1, 0.15) is 18.1 Å². The van der Waals surface area contributed by atoms with E-state index in [2.05, 4.69) is 0 Å². The monoisotopic (exact) mass is 399 g/mol. The van der Waals surface area contributed by atoms with E-state index in [9.17, 15) is 35.4 Å². The number of carbonyl (C=O) groups excluding carboxylic acids is 1. The minimum absolute atomic E-state index is 0.270. The topological polar surface area (TPSA) is 142 Å². The summed E-state index contributed by atoms with van der Waals surface area (Å²) in [5.41, 5.74) is 1.50. The minimum atomic E-state index is -0.634. The SMILES string of the molecule is CCN1C/C(=C/c2cc(O)c(O)c(O)c2)C(=O)/C(=C/c2cc(O)c(O)c(O)c2)C1. The van der Waals surface area contributed by atoms with Gasteiger partial charge in [0, 0.05) is 24.2 Å². The summed E-state index contributed by atoms with van der Waals surface area (Å²) in [4.78, 5) is 14.9. The first-order chi connectivity index (χ1) is 13.7. The Bertz CT molecular complexity index is 914. The number of nitrogens with zero attached hydrogens (tertiary/aromatic N) is 1. The van der Waals surface area contributed by atoms with Gasteiger partial charge >= 0.3 is 0 Å². The van der Waals surface area contributed by atoms with Gasteiger partial charge in [-0.3, -0.25) is 9.69 Å². The first-order valence-electron chi connectivity index (χ1n) is 8.87. The zero-order valence-corrected chi connectivity index (χ0v) is 15.6. The highest BCUT2D eigenvalue weighted by atomic mass is 16.3. The number of phenols is 6. The number of likely N-dealkylation sites (tertiary alicyclic amines) is 1. The fourth-order valence-electron chi connectivity index (χ4n) is 3.15. The second-order valence-electron chi connectivity index (χ2n) is 6.79. The number of Topliss-reactive ketones (excluding diaryl/α,β-unsaturated/α-hetero) is 1. The molecule has 6 N–H and O–H groups in total. The third kappa shape index (κ3) is 4.12. The van der Waals surface area contributed by atoms with Gasteiger partial charge in [-0.05, 0) is 54.1 Å². The summed E-state index contributed by atoms with van der Waals surface area (Å²) in [6.07, 6.45) is 3.03. The lowest BCUT2D eigenvalue weighted by atomic mass is 9.94. The van der Waals surface area contributed by atoms with Gasteiger partial charge in [0.05, 0.1) is 0 Å². The largest absolute Gasteiger partial charge is 0.504 e. The standard InChI is InChI=1S/C21H21NO7/c1-2-22-9-13(3-11-5-15(23)20(28)16(24)6-11)19(27)14(10-22)4-12-7-17(25)21(29)18(26)8-12/h3-8,23-26,28-29H,2,9-10H2,1H3/b13-3-,14-4+. The van der Waals surface area contributed by atoms with Crippen molar-refractivity contribution >= 4 is 17.9 Å². The van der Waals surface area contributed by atoms with Crippen LogP contribution < -0.4 is 0 Å². The van der Waals surface area contributed by atoms with Crippen LogP contribution in [0.25, 0.3) is 12.2 Å². The lowest BCUT2D eigenvalue weighted by molar-refractivity contribution is -0.113. The van der Waals surface area contributed by atoms with Crippen molar-refractivity contribution in [2.75, 3.05) is 19.6 Å². The molecule has 0 atom stereocenters. The van der Waals surface area contributed by atoms with Crippen LogP contribution in [0, 0.1) is 0 Å². The molecule has 1 fully saturated rings. The van der Waals surface area contributed by atoms with Crippen molar-refractivity contribution in [1.29, 1.82) is 0 Å². The van der Waals surface area contributed by atoms with Crippen LogP contribution in [0.3, 0.4) is 0 Å². The number of benzene rings is 2. The van der Waals surface area contributed by atoms with Gasteiger partial charge in [-0.2, -0.15) is 0 Å². The van der Waals surface area contributed by atoms with E-state index in [0.717, 1.165) is 0 Å². The van der Waals surface area contributed by atoms with Crippen LogP contribution >= 0.6 is 0 Å². The summed E-state index contributed by atoms with van der Waals surface area (Å²) in [6.45, 7) is 3.28. The molecule has 29 heavy (non-hydrogen) atoms. The highest BCUT2D eigenvalue weighted by Crippen LogP contribution is 2.37. The molecule has 3 rings (SSSR count). The summed E-state index contributed by atoms with van der Waals surface area (Å²) < 4.78 is 0. The molecule has 0 radical (unpaired) electrons. The lowest BCUT2D eigenvalue weighted by Crippen LogP contribution is -2.37. The molecule has 2 aromatic rings. The number of phenolic OH excluding ortho intramolecular Hbond substituents is 6. The summed E-state index contributed by atoms with van der Waals surface area (Å²) in [6, 6.07) is 4.94. The van der Waals surface area contributed by atoms with Crippen molar-refractivity contribution in [2.45, 2.75) is 6.92 Å². The Morgan fingerprint density at radius 3 is 1.41 bits per heavy atom. The van der Waals surface area contributed by atoms with Crippen molar-refractivity contribution in [3.63, 3.8) is 0 Å². The van der Waals surface area contributed by atoms with Crippen LogP contribution in [0.2, 0.25) is 0 Å². The quantitative estimate of drug-likeness (QED) is 0.341. The van der Waals surface area contributed by atoms with E-state index in [-0.39, 0.29) is 5.78 Å². The molecule has 2 aromatic carbocycles. The Morgan fingerprint density at radius 1 is 0.759 bits per heavy atom. The van der Waals surface area contributed by atoms with E-state index in [1.54, 1.807) is 0 Å². The van der Waals surface area contributed by atoms with E-state index < -0.39 is 34.5 Å². The van der Waals surface area contributed by atoms with Gasteiger partial charge in [0.1, 0.15) is 0 Å². The molecule has 0 aliphatic carbocycles. The predicted octanol–water partition coefficient (Wildman–Crippen LogP) is 2.29. The number of hydrogen-bond donors (Lipinski definition) is 6. The fraction of sp³-hybridized carbons (Fsp3) is 0.190. The molecule has 0 unspecified atom stereocenters. The second kappa shape index (κ2) is 7.76. The Labute approximate surface area is 166 Å². The molecule has 0 aromatic heterocycles. The number of carbonyl (C=O) groups is 1. The number of ketones is 1. The first kappa shape index (κ1) is 20.1. The maximum absolute atomic E-state index is 13.0. The minimum Gasteiger partial charge on any atom is -0.504 e. The Balaban J connectivity index is 2.02. The smallest absolute Gasteiger partial charge is 0.200 e. The average molecular weight is 399 g/mol. The predicted molar refractivity (Wildman–Crippen MR) is 106 cm³/mol. The number of rotatable bonds is 3. The molecular formula is C21H21NO7. The van der Waals surface area contributed by atoms with Gasteiger partial charge in [-0.1, -0.05) is 6.92 Å². The Morgan fingerprint density at radius 2 is 1.10 bits per heavy atom. The molecule has 0 spiro atoms. The van der Waals surface area contributed by atoms with Crippen molar-refractivity contribution in [1.82, 2.24) is 4.90 Å². The molecule has 1 aliphatic rings. The molecule has 0 saturated carbocycles. The molecule has 1 aliphatic heterocycles. The molecule has 8 heteroatoms. The average Bonchev–Trinajstić information content (AvgIpc) is 2.67. The normalized spacial score (nSPS) is 17.9. The second-order valence-corrected chi connectivity index (χ2v) is 6.79. The van der Waals surface area contributed by atoms with Crippen molar-refractivity contribution < 1.29 is 35.4 Å². The van der Waals surface area contributed by atoms with Gasteiger partial charge < -0.3 is 30.6 Å². The zero-order valence-electron chi connectivity index (χ0n) is 15.6. The zero-order chi connectivity index (χ0) is 21.3. The van der Waals surface area contributed by atoms with Crippen molar-refractivity contribution in [3.05, 3.63) is 46.5 Å². The maximum atomic E-state index is 13.0. The van der Waals surface area contributed by atoms with E-state index >= 15 is 0 Å². The molecular weight excluding hydrogens is 378 g/mol. The number of hydrogen-bond acceptors (Lipinski definition) is 8. The van der Waals surface area contributed by atoms with Crippen LogP contribution in [0.4, 0.5) is 0 Å². The summed E-state index contributed by atoms with van der Waals surface area (Å²) >= 11 is 0. The molecule has 1 saturated heterocycles. The first-order valence-corrected chi connectivity index (χ1v) is 8.87. The van der Waals surface area contributed by atoms with E-state index in [1.807, 2.05) is 11.8 Å². The Hall–Kier alpha value is -3.65. The maximum Gasteiger partial charge on any atom is 0.200 e. The highest BCUT2D eigenvalue weighted by Gasteiger charge is 2.25. The van der Waals surface area contributed by atoms with Crippen LogP contribution in [0.15, 0.2) is 35.4 Å². The van der Waals surface area contributed by atoms with E-state index in [1.165, 1.54) is 36.4 Å². The van der Waals surface area contributed by atoms with Gasteiger partial charge in [-0.15, -0.1) is 0 Å². The summed E-state index contributed by atoms with van der Waals surface area (Å²) in [5.74, 6) is -3.54. The van der Waals surface area contributed by atoms with E-state index in [0.29, 0.717) is 41.9 Å². The van der Waals surface area contributed by atoms with Gasteiger partial charge in [-0.25, -0.2) is 0 Å². The van der Waals surface area contributed by atoms with Gasteiger partial charge in [0.15, 0.2) is 40.3 Å². The van der Waals surface area contributed by atoms with E-state index in [4.69, 9.17) is 0 Å². The third-order valence-electron chi connectivity index (χ3n) is 4.68. The molecule has 152 valence electrons. The summed E-state index contributed by atoms with van der Waals surface area (Å²) in [5, 5.41) is 57.7. The van der Waals surface area contributed by atoms with Crippen LogP contribution in [-0.2, 0) is 4.79 Å². The van der Waals surface area contributed by atoms with Crippen molar-refractivity contribution in [3.8, 4) is 34.5 Å². The van der Waals surface area contributed by atoms with Crippen LogP contribution in [0.5, 0.6) is 34.5 Å². The number of likely N-dealkylation sites (N-methyl/N-ethyl adjacent to an activating group) is 1.